The molecule has 0 aliphatic carbocycles. The molecule has 7 nitrogen and oxygen atoms in total. The van der Waals surface area contributed by atoms with Crippen LogP contribution in [-0.4, -0.2) is 33.6 Å². The van der Waals surface area contributed by atoms with Crippen molar-refractivity contribution < 1.29 is 4.74 Å². The highest BCUT2D eigenvalue weighted by Gasteiger charge is 2.08. The number of rotatable bonds is 7. The Morgan fingerprint density at radius 1 is 1.10 bits per heavy atom. The minimum absolute atomic E-state index is 0.129. The van der Waals surface area contributed by atoms with Crippen molar-refractivity contribution >= 4 is 5.96 Å². The Kier molecular flexibility index (Phi) is 7.06. The van der Waals surface area contributed by atoms with Gasteiger partial charge < -0.3 is 15.4 Å². The number of aryl methyl sites for hydroxylation is 2. The summed E-state index contributed by atoms with van der Waals surface area (Å²) in [5.41, 5.74) is 3.34. The molecule has 0 unspecified atom stereocenters. The second kappa shape index (κ2) is 9.91. The number of pyridine rings is 1. The summed E-state index contributed by atoms with van der Waals surface area (Å²) in [5, 5.41) is 6.69. The third kappa shape index (κ3) is 5.59. The average molecular weight is 407 g/mol. The van der Waals surface area contributed by atoms with Crippen molar-refractivity contribution in [3.63, 3.8) is 0 Å². The molecule has 0 aliphatic rings. The standard InChI is InChI=1S/C23H30N6O/c1-16(2)30-21-12-17(3)6-8-20(21)15-28-23(24-5)27-14-19-7-9-22(26-13-19)29-11-10-25-18(29)4/h6-13,16H,14-15H2,1-5H3,(H2,24,27,28). The number of aromatic nitrogens is 3. The molecule has 0 bridgehead atoms. The van der Waals surface area contributed by atoms with E-state index >= 15 is 0 Å². The van der Waals surface area contributed by atoms with Gasteiger partial charge in [0.1, 0.15) is 17.4 Å². The summed E-state index contributed by atoms with van der Waals surface area (Å²) in [5.74, 6) is 3.39. The molecule has 3 rings (SSSR count). The fourth-order valence-electron chi connectivity index (χ4n) is 3.04. The van der Waals surface area contributed by atoms with Gasteiger partial charge in [-0.25, -0.2) is 9.97 Å². The number of benzene rings is 1. The van der Waals surface area contributed by atoms with Crippen LogP contribution in [0.4, 0.5) is 0 Å². The molecule has 0 saturated carbocycles. The molecule has 0 fully saturated rings. The smallest absolute Gasteiger partial charge is 0.191 e. The largest absolute Gasteiger partial charge is 0.491 e. The second-order valence-corrected chi connectivity index (χ2v) is 7.43. The lowest BCUT2D eigenvalue weighted by atomic mass is 10.1. The highest BCUT2D eigenvalue weighted by Crippen LogP contribution is 2.21. The first-order valence-corrected chi connectivity index (χ1v) is 10.1. The van der Waals surface area contributed by atoms with Gasteiger partial charge in [-0.2, -0.15) is 0 Å². The molecular formula is C23H30N6O. The van der Waals surface area contributed by atoms with E-state index < -0.39 is 0 Å². The fourth-order valence-corrected chi connectivity index (χ4v) is 3.04. The van der Waals surface area contributed by atoms with Crippen LogP contribution in [-0.2, 0) is 13.1 Å². The second-order valence-electron chi connectivity index (χ2n) is 7.43. The predicted molar refractivity (Wildman–Crippen MR) is 120 cm³/mol. The molecule has 0 spiro atoms. The molecule has 0 aliphatic heterocycles. The summed E-state index contributed by atoms with van der Waals surface area (Å²) >= 11 is 0. The number of hydrogen-bond acceptors (Lipinski definition) is 4. The van der Waals surface area contributed by atoms with Crippen molar-refractivity contribution in [2.75, 3.05) is 7.05 Å². The molecule has 158 valence electrons. The Morgan fingerprint density at radius 3 is 2.53 bits per heavy atom. The zero-order valence-corrected chi connectivity index (χ0v) is 18.3. The molecule has 7 heteroatoms. The van der Waals surface area contributed by atoms with E-state index in [0.717, 1.165) is 34.5 Å². The van der Waals surface area contributed by atoms with Gasteiger partial charge in [0.05, 0.1) is 6.10 Å². The van der Waals surface area contributed by atoms with Gasteiger partial charge in [-0.05, 0) is 51.0 Å². The lowest BCUT2D eigenvalue weighted by Gasteiger charge is -2.17. The van der Waals surface area contributed by atoms with Crippen LogP contribution >= 0.6 is 0 Å². The normalized spacial score (nSPS) is 11.6. The Balaban J connectivity index is 1.57. The van der Waals surface area contributed by atoms with E-state index in [4.69, 9.17) is 4.74 Å². The number of nitrogens with one attached hydrogen (secondary N) is 2. The van der Waals surface area contributed by atoms with Gasteiger partial charge in [0, 0.05) is 44.3 Å². The van der Waals surface area contributed by atoms with Crippen molar-refractivity contribution in [3.8, 4) is 11.6 Å². The quantitative estimate of drug-likeness (QED) is 0.464. The molecule has 0 atom stereocenters. The molecule has 2 aromatic heterocycles. The van der Waals surface area contributed by atoms with Gasteiger partial charge >= 0.3 is 0 Å². The highest BCUT2D eigenvalue weighted by atomic mass is 16.5. The monoisotopic (exact) mass is 406 g/mol. The molecule has 0 saturated heterocycles. The lowest BCUT2D eigenvalue weighted by molar-refractivity contribution is 0.239. The third-order valence-electron chi connectivity index (χ3n) is 4.60. The number of ether oxygens (including phenoxy) is 1. The van der Waals surface area contributed by atoms with E-state index in [1.165, 1.54) is 5.56 Å². The van der Waals surface area contributed by atoms with E-state index in [1.54, 1.807) is 13.2 Å². The number of guanidine groups is 1. The summed E-state index contributed by atoms with van der Waals surface area (Å²) in [6.07, 6.45) is 5.67. The van der Waals surface area contributed by atoms with Crippen LogP contribution in [0.25, 0.3) is 5.82 Å². The van der Waals surface area contributed by atoms with E-state index in [-0.39, 0.29) is 6.10 Å². The van der Waals surface area contributed by atoms with E-state index in [9.17, 15) is 0 Å². The van der Waals surface area contributed by atoms with Crippen LogP contribution in [0.1, 0.15) is 36.4 Å². The SMILES string of the molecule is CN=C(NCc1ccc(-n2ccnc2C)nc1)NCc1ccc(C)cc1OC(C)C. The molecule has 3 aromatic rings. The Hall–Kier alpha value is -3.35. The Morgan fingerprint density at radius 2 is 1.90 bits per heavy atom. The first-order chi connectivity index (χ1) is 14.5. The van der Waals surface area contributed by atoms with Crippen molar-refractivity contribution in [1.82, 2.24) is 25.2 Å². The van der Waals surface area contributed by atoms with Crippen molar-refractivity contribution in [3.05, 3.63) is 71.4 Å². The van der Waals surface area contributed by atoms with Crippen LogP contribution in [0.3, 0.4) is 0 Å². The first kappa shape index (κ1) is 21.4. The van der Waals surface area contributed by atoms with E-state index in [0.29, 0.717) is 13.1 Å². The van der Waals surface area contributed by atoms with Gasteiger partial charge in [-0.15, -0.1) is 0 Å². The summed E-state index contributed by atoms with van der Waals surface area (Å²) in [6.45, 7) is 9.34. The van der Waals surface area contributed by atoms with Gasteiger partial charge in [-0.1, -0.05) is 18.2 Å². The Bertz CT molecular complexity index is 991. The molecule has 2 heterocycles. The Labute approximate surface area is 178 Å². The maximum absolute atomic E-state index is 5.96. The maximum atomic E-state index is 5.96. The van der Waals surface area contributed by atoms with Crippen LogP contribution in [0, 0.1) is 13.8 Å². The van der Waals surface area contributed by atoms with Crippen LogP contribution < -0.4 is 15.4 Å². The number of nitrogens with zero attached hydrogens (tertiary/aromatic N) is 4. The van der Waals surface area contributed by atoms with E-state index in [2.05, 4.69) is 56.8 Å². The summed E-state index contributed by atoms with van der Waals surface area (Å²) in [7, 11) is 1.76. The van der Waals surface area contributed by atoms with Crippen molar-refractivity contribution in [2.45, 2.75) is 46.9 Å². The maximum Gasteiger partial charge on any atom is 0.191 e. The van der Waals surface area contributed by atoms with E-state index in [1.807, 2.05) is 43.8 Å². The van der Waals surface area contributed by atoms with Crippen molar-refractivity contribution in [2.24, 2.45) is 4.99 Å². The molecule has 30 heavy (non-hydrogen) atoms. The summed E-state index contributed by atoms with van der Waals surface area (Å²) in [6, 6.07) is 10.3. The molecule has 2 N–H and O–H groups in total. The molecule has 0 amide bonds. The summed E-state index contributed by atoms with van der Waals surface area (Å²) < 4.78 is 7.91. The first-order valence-electron chi connectivity index (χ1n) is 10.1. The minimum Gasteiger partial charge on any atom is -0.491 e. The van der Waals surface area contributed by atoms with Crippen LogP contribution in [0.15, 0.2) is 53.9 Å². The molecule has 0 radical (unpaired) electrons. The van der Waals surface area contributed by atoms with Gasteiger partial charge in [-0.3, -0.25) is 9.56 Å². The average Bonchev–Trinajstić information content (AvgIpc) is 3.15. The van der Waals surface area contributed by atoms with Crippen LogP contribution in [0.2, 0.25) is 0 Å². The zero-order valence-electron chi connectivity index (χ0n) is 18.3. The van der Waals surface area contributed by atoms with Gasteiger partial charge in [0.25, 0.3) is 0 Å². The topological polar surface area (TPSA) is 76.4 Å². The third-order valence-corrected chi connectivity index (χ3v) is 4.60. The van der Waals surface area contributed by atoms with Gasteiger partial charge in [0.2, 0.25) is 0 Å². The molecular weight excluding hydrogens is 376 g/mol. The fraction of sp³-hybridized carbons (Fsp3) is 0.348. The lowest BCUT2D eigenvalue weighted by Crippen LogP contribution is -2.36. The molecule has 1 aromatic carbocycles. The van der Waals surface area contributed by atoms with Gasteiger partial charge in [0.15, 0.2) is 5.96 Å². The summed E-state index contributed by atoms with van der Waals surface area (Å²) in [4.78, 5) is 13.1. The van der Waals surface area contributed by atoms with Crippen molar-refractivity contribution in [1.29, 1.82) is 0 Å². The highest BCUT2D eigenvalue weighted by molar-refractivity contribution is 5.79. The van der Waals surface area contributed by atoms with Crippen LogP contribution in [0.5, 0.6) is 5.75 Å². The predicted octanol–water partition coefficient (Wildman–Crippen LogP) is 3.54. The number of imidazole rings is 1. The zero-order chi connectivity index (χ0) is 21.5. The minimum atomic E-state index is 0.129. The number of aliphatic imine (C=N–C) groups is 1. The number of hydrogen-bond donors (Lipinski definition) is 2.